The second kappa shape index (κ2) is 13.8. The third kappa shape index (κ3) is 5.02. The van der Waals surface area contributed by atoms with Crippen molar-refractivity contribution in [3.63, 3.8) is 0 Å². The zero-order valence-electron chi connectivity index (χ0n) is 37.6. The smallest absolute Gasteiger partial charge is 0.178 e. The van der Waals surface area contributed by atoms with Crippen LogP contribution in [0.4, 0.5) is 17.1 Å². The molecule has 68 heavy (non-hydrogen) atoms. The fourth-order valence-electron chi connectivity index (χ4n) is 12.6. The van der Waals surface area contributed by atoms with E-state index in [1.54, 1.807) is 0 Å². The van der Waals surface area contributed by atoms with Crippen LogP contribution in [0.2, 0.25) is 0 Å². The van der Waals surface area contributed by atoms with Gasteiger partial charge in [0.05, 0.1) is 15.8 Å². The van der Waals surface area contributed by atoms with Gasteiger partial charge in [-0.05, 0) is 140 Å². The Bertz CT molecular complexity index is 3920. The summed E-state index contributed by atoms with van der Waals surface area (Å²) in [5.74, 6) is 2.94. The van der Waals surface area contributed by atoms with E-state index in [1.165, 1.54) is 81.4 Å². The van der Waals surface area contributed by atoms with Gasteiger partial charge in [0.25, 0.3) is 0 Å². The van der Waals surface area contributed by atoms with Crippen LogP contribution in [0.1, 0.15) is 60.1 Å². The van der Waals surface area contributed by atoms with E-state index in [0.29, 0.717) is 11.5 Å². The molecule has 4 heteroatoms. The van der Waals surface area contributed by atoms with Crippen molar-refractivity contribution >= 4 is 54.1 Å². The average molecular weight is 890 g/mol. The quantitative estimate of drug-likeness (QED) is 0.176. The highest BCUT2D eigenvalue weighted by Crippen LogP contribution is 2.67. The van der Waals surface area contributed by atoms with Crippen LogP contribution in [-0.2, 0) is 10.8 Å². The Kier molecular flexibility index (Phi) is 7.77. The van der Waals surface area contributed by atoms with Crippen molar-refractivity contribution in [2.75, 3.05) is 4.90 Å². The highest BCUT2D eigenvalue weighted by molar-refractivity contribution is 7.26. The van der Waals surface area contributed by atoms with Crippen LogP contribution in [0.25, 0.3) is 59.1 Å². The zero-order chi connectivity index (χ0) is 44.9. The summed E-state index contributed by atoms with van der Waals surface area (Å²) in [5, 5.41) is 2.56. The van der Waals surface area contributed by atoms with Crippen LogP contribution in [0.15, 0.2) is 206 Å². The predicted octanol–water partition coefficient (Wildman–Crippen LogP) is 17.8. The maximum Gasteiger partial charge on any atom is 0.178 e. The zero-order valence-corrected chi connectivity index (χ0v) is 38.5. The van der Waals surface area contributed by atoms with Crippen molar-refractivity contribution in [1.82, 2.24) is 0 Å². The normalized spacial score (nSPS) is 17.1. The van der Waals surface area contributed by atoms with Crippen LogP contribution >= 0.6 is 11.3 Å². The number of hydrogen-bond donors (Lipinski definition) is 0. The molecule has 3 nitrogen and oxygen atoms in total. The number of fused-ring (bicyclic) bond motifs is 19. The largest absolute Gasteiger partial charge is 0.449 e. The van der Waals surface area contributed by atoms with Gasteiger partial charge in [0.15, 0.2) is 23.0 Å². The van der Waals surface area contributed by atoms with E-state index in [2.05, 4.69) is 219 Å². The van der Waals surface area contributed by atoms with Crippen LogP contribution < -0.4 is 14.4 Å². The molecule has 2 heterocycles. The Morgan fingerprint density at radius 1 is 0.471 bits per heavy atom. The van der Waals surface area contributed by atoms with Gasteiger partial charge < -0.3 is 14.4 Å². The number of hydrogen-bond acceptors (Lipinski definition) is 4. The van der Waals surface area contributed by atoms with Crippen LogP contribution in [0, 0.1) is 0 Å². The van der Waals surface area contributed by atoms with Crippen molar-refractivity contribution in [1.29, 1.82) is 0 Å². The monoisotopic (exact) mass is 889 g/mol. The summed E-state index contributed by atoms with van der Waals surface area (Å²) < 4.78 is 16.5. The third-order valence-corrected chi connectivity index (χ3v) is 16.8. The molecule has 0 saturated carbocycles. The number of ether oxygens (including phenoxy) is 2. The van der Waals surface area contributed by atoms with E-state index in [0.717, 1.165) is 58.1 Å². The Morgan fingerprint density at radius 2 is 1.16 bits per heavy atom. The standard InChI is InChI=1S/C64H43NO2S/c1-63(2)49-23-8-3-17-42(49)45-31-30-41(37-54(45)63)65(55-27-14-22-47-46-20-7-12-28-59(46)68-62(47)55)40-16-13-15-38(35-40)39-29-33-56-58(36-39)67-61-57(66-56)34-32-53-60(61)48-21-6-11-26-52(48)64(53)50-24-9-4-18-43(50)44-19-5-10-25-51(44)64/h3-4,6-9,11-37H,5,10H2,1-2H3. The van der Waals surface area contributed by atoms with E-state index in [-0.39, 0.29) is 5.41 Å². The fraction of sp³-hybridized carbons (Fsp3) is 0.0938. The first-order chi connectivity index (χ1) is 33.5. The van der Waals surface area contributed by atoms with E-state index < -0.39 is 5.41 Å². The number of benzene rings is 9. The molecule has 0 bridgehead atoms. The lowest BCUT2D eigenvalue weighted by atomic mass is 9.69. The van der Waals surface area contributed by atoms with Gasteiger partial charge >= 0.3 is 0 Å². The van der Waals surface area contributed by atoms with Gasteiger partial charge in [-0.25, -0.2) is 0 Å². The first kappa shape index (κ1) is 38.2. The molecule has 1 atom stereocenters. The van der Waals surface area contributed by atoms with Crippen molar-refractivity contribution in [2.45, 2.75) is 37.5 Å². The molecule has 4 aliphatic carbocycles. The Labute approximate surface area is 399 Å². The van der Waals surface area contributed by atoms with Gasteiger partial charge in [0.1, 0.15) is 0 Å². The number of nitrogens with zero attached hydrogens (tertiary/aromatic N) is 1. The molecule has 15 rings (SSSR count). The summed E-state index contributed by atoms with van der Waals surface area (Å²) in [5.41, 5.74) is 20.6. The second-order valence-electron chi connectivity index (χ2n) is 19.4. The summed E-state index contributed by atoms with van der Waals surface area (Å²) in [7, 11) is 0. The van der Waals surface area contributed by atoms with E-state index in [1.807, 2.05) is 11.3 Å². The van der Waals surface area contributed by atoms with Crippen LogP contribution in [0.5, 0.6) is 23.0 Å². The lowest BCUT2D eigenvalue weighted by Crippen LogP contribution is -2.26. The van der Waals surface area contributed by atoms with Crippen molar-refractivity contribution in [3.8, 4) is 56.4 Å². The third-order valence-electron chi connectivity index (χ3n) is 15.6. The van der Waals surface area contributed by atoms with Crippen molar-refractivity contribution in [3.05, 3.63) is 239 Å². The minimum absolute atomic E-state index is 0.138. The molecule has 10 aromatic rings. The van der Waals surface area contributed by atoms with Gasteiger partial charge in [-0.3, -0.25) is 0 Å². The lowest BCUT2D eigenvalue weighted by molar-refractivity contribution is 0.360. The summed E-state index contributed by atoms with van der Waals surface area (Å²) in [6.45, 7) is 4.72. The Hall–Kier alpha value is -7.92. The molecule has 1 aliphatic heterocycles. The van der Waals surface area contributed by atoms with E-state index in [9.17, 15) is 0 Å². The SMILES string of the molecule is CC1(C)c2ccccc2-c2ccc(N(c3cccc(-c4ccc5c(c4)Oc4c(ccc6c4-c4ccccc4C64C6=CCCC=C6c6ccccc64)O5)c3)c3cccc4c3sc3ccccc34)cc21. The molecular weight excluding hydrogens is 847 g/mol. The molecule has 1 spiro atoms. The summed E-state index contributed by atoms with van der Waals surface area (Å²) in [6.07, 6.45) is 7.03. The summed E-state index contributed by atoms with van der Waals surface area (Å²) in [4.78, 5) is 2.47. The fourth-order valence-corrected chi connectivity index (χ4v) is 13.8. The highest BCUT2D eigenvalue weighted by atomic mass is 32.1. The van der Waals surface area contributed by atoms with Gasteiger partial charge in [0, 0.05) is 37.8 Å². The molecule has 0 fully saturated rings. The molecule has 9 aromatic carbocycles. The van der Waals surface area contributed by atoms with Gasteiger partial charge in [-0.1, -0.05) is 159 Å². The van der Waals surface area contributed by atoms with E-state index >= 15 is 0 Å². The topological polar surface area (TPSA) is 21.7 Å². The molecule has 1 aromatic heterocycles. The van der Waals surface area contributed by atoms with Gasteiger partial charge in [0.2, 0.25) is 0 Å². The van der Waals surface area contributed by atoms with Gasteiger partial charge in [-0.15, -0.1) is 11.3 Å². The second-order valence-corrected chi connectivity index (χ2v) is 20.4. The summed E-state index contributed by atoms with van der Waals surface area (Å²) >= 11 is 1.87. The Morgan fingerprint density at radius 3 is 2.06 bits per heavy atom. The van der Waals surface area contributed by atoms with Crippen molar-refractivity contribution < 1.29 is 9.47 Å². The molecule has 5 aliphatic rings. The minimum atomic E-state index is -0.416. The highest BCUT2D eigenvalue weighted by Gasteiger charge is 2.54. The molecule has 1 unspecified atom stereocenters. The summed E-state index contributed by atoms with van der Waals surface area (Å²) in [6, 6.07) is 69.2. The number of anilines is 3. The molecule has 0 amide bonds. The van der Waals surface area contributed by atoms with Gasteiger partial charge in [-0.2, -0.15) is 0 Å². The molecule has 0 N–H and O–H groups in total. The Balaban J connectivity index is 0.863. The first-order valence-electron chi connectivity index (χ1n) is 23.8. The predicted molar refractivity (Wildman–Crippen MR) is 281 cm³/mol. The average Bonchev–Trinajstić information content (AvgIpc) is 4.08. The first-order valence-corrected chi connectivity index (χ1v) is 24.6. The maximum absolute atomic E-state index is 7.18. The van der Waals surface area contributed by atoms with Crippen LogP contribution in [0.3, 0.4) is 0 Å². The number of allylic oxidation sites excluding steroid dienone is 4. The molecule has 0 radical (unpaired) electrons. The number of thiophene rings is 1. The maximum atomic E-state index is 7.18. The van der Waals surface area contributed by atoms with Crippen LogP contribution in [-0.4, -0.2) is 0 Å². The van der Waals surface area contributed by atoms with E-state index in [4.69, 9.17) is 9.47 Å². The molecule has 0 saturated heterocycles. The molecule has 322 valence electrons. The number of rotatable bonds is 4. The lowest BCUT2D eigenvalue weighted by Gasteiger charge is -2.32. The minimum Gasteiger partial charge on any atom is -0.449 e. The molecular formula is C64H43NO2S. The van der Waals surface area contributed by atoms with Crippen molar-refractivity contribution in [2.24, 2.45) is 0 Å².